The Balaban J connectivity index is 1.37. The summed E-state index contributed by atoms with van der Waals surface area (Å²) >= 11 is 0. The molecule has 0 unspecified atom stereocenters. The topological polar surface area (TPSA) is 4.41 Å². The molecule has 190 valence electrons. The van der Waals surface area contributed by atoms with Crippen molar-refractivity contribution in [1.29, 1.82) is 0 Å². The van der Waals surface area contributed by atoms with Gasteiger partial charge in [0.25, 0.3) is 0 Å². The fraction of sp³-hybridized carbons (Fsp3) is 0. The minimum atomic E-state index is 1.23. The van der Waals surface area contributed by atoms with Gasteiger partial charge in [0.1, 0.15) is 0 Å². The van der Waals surface area contributed by atoms with Gasteiger partial charge in [0.05, 0.1) is 16.6 Å². The van der Waals surface area contributed by atoms with Gasteiger partial charge in [0, 0.05) is 21.5 Å². The monoisotopic (exact) mass is 519 g/mol. The number of para-hydroxylation sites is 1. The second-order valence-electron chi connectivity index (χ2n) is 11.0. The molecule has 0 saturated carbocycles. The Hall–Kier alpha value is -5.40. The molecule has 0 atom stereocenters. The molecule has 9 aromatic rings. The lowest BCUT2D eigenvalue weighted by Gasteiger charge is -2.12. The number of nitrogens with zero attached hydrogens (tertiary/aromatic N) is 1. The molecular formula is C40H25N. The first kappa shape index (κ1) is 22.4. The van der Waals surface area contributed by atoms with E-state index >= 15 is 0 Å². The second kappa shape index (κ2) is 8.55. The Labute approximate surface area is 237 Å². The second-order valence-corrected chi connectivity index (χ2v) is 11.0. The Morgan fingerprint density at radius 3 is 1.59 bits per heavy atom. The molecule has 2 aromatic heterocycles. The van der Waals surface area contributed by atoms with Gasteiger partial charge < -0.3 is 4.40 Å². The smallest absolute Gasteiger partial charge is 0.0626 e. The van der Waals surface area contributed by atoms with Crippen LogP contribution in [-0.4, -0.2) is 4.40 Å². The lowest BCUT2D eigenvalue weighted by Crippen LogP contribution is -1.87. The van der Waals surface area contributed by atoms with Crippen LogP contribution in [0, 0.1) is 0 Å². The molecule has 7 aromatic carbocycles. The van der Waals surface area contributed by atoms with E-state index in [9.17, 15) is 0 Å². The van der Waals surface area contributed by atoms with Crippen molar-refractivity contribution in [2.24, 2.45) is 0 Å². The van der Waals surface area contributed by atoms with E-state index in [-0.39, 0.29) is 0 Å². The van der Waals surface area contributed by atoms with Gasteiger partial charge in [-0.15, -0.1) is 0 Å². The van der Waals surface area contributed by atoms with Crippen LogP contribution in [-0.2, 0) is 0 Å². The SMILES string of the molecule is c1ccc(-c2cc(-c3ccccc3)cc(-c3ccc4c(c3)c3c5ccccc5cc5c6ccccc6n4c53)c2)cc1. The van der Waals surface area contributed by atoms with Crippen LogP contribution in [0.25, 0.3) is 82.2 Å². The molecule has 0 aliphatic carbocycles. The number of rotatable bonds is 3. The first-order chi connectivity index (χ1) is 20.3. The molecule has 1 nitrogen and oxygen atoms in total. The summed E-state index contributed by atoms with van der Waals surface area (Å²) < 4.78 is 2.47. The first-order valence-corrected chi connectivity index (χ1v) is 14.2. The van der Waals surface area contributed by atoms with Crippen molar-refractivity contribution in [3.63, 3.8) is 0 Å². The van der Waals surface area contributed by atoms with E-state index in [1.165, 1.54) is 82.2 Å². The Kier molecular flexibility index (Phi) is 4.67. The minimum absolute atomic E-state index is 1.23. The Morgan fingerprint density at radius 1 is 0.317 bits per heavy atom. The van der Waals surface area contributed by atoms with Gasteiger partial charge in [-0.25, -0.2) is 0 Å². The molecule has 0 N–H and O–H groups in total. The third-order valence-electron chi connectivity index (χ3n) is 8.67. The molecule has 0 fully saturated rings. The van der Waals surface area contributed by atoms with Crippen molar-refractivity contribution in [3.05, 3.63) is 152 Å². The predicted molar refractivity (Wildman–Crippen MR) is 175 cm³/mol. The first-order valence-electron chi connectivity index (χ1n) is 14.2. The zero-order valence-electron chi connectivity index (χ0n) is 22.4. The molecule has 9 rings (SSSR count). The van der Waals surface area contributed by atoms with E-state index in [1.807, 2.05) is 0 Å². The summed E-state index contributed by atoms with van der Waals surface area (Å²) in [6.45, 7) is 0. The molecule has 0 aliphatic heterocycles. The maximum atomic E-state index is 2.47. The largest absolute Gasteiger partial charge is 0.308 e. The zero-order valence-corrected chi connectivity index (χ0v) is 22.4. The van der Waals surface area contributed by atoms with Gasteiger partial charge in [-0.1, -0.05) is 109 Å². The molecule has 0 bridgehead atoms. The van der Waals surface area contributed by atoms with Crippen molar-refractivity contribution in [2.75, 3.05) is 0 Å². The number of benzene rings is 7. The van der Waals surface area contributed by atoms with Gasteiger partial charge in [-0.3, -0.25) is 0 Å². The molecule has 41 heavy (non-hydrogen) atoms. The van der Waals surface area contributed by atoms with Gasteiger partial charge in [0.15, 0.2) is 0 Å². The van der Waals surface area contributed by atoms with E-state index in [2.05, 4.69) is 156 Å². The molecule has 0 spiro atoms. The normalized spacial score (nSPS) is 11.9. The molecule has 1 heteroatoms. The zero-order chi connectivity index (χ0) is 26.9. The maximum absolute atomic E-state index is 2.47. The summed E-state index contributed by atoms with van der Waals surface area (Å²) in [5.41, 5.74) is 11.2. The summed E-state index contributed by atoms with van der Waals surface area (Å²) in [6, 6.07) is 55.4. The van der Waals surface area contributed by atoms with Crippen LogP contribution in [0.2, 0.25) is 0 Å². The summed E-state index contributed by atoms with van der Waals surface area (Å²) in [7, 11) is 0. The fourth-order valence-electron chi connectivity index (χ4n) is 6.81. The summed E-state index contributed by atoms with van der Waals surface area (Å²) in [6.07, 6.45) is 0. The van der Waals surface area contributed by atoms with Crippen molar-refractivity contribution < 1.29 is 0 Å². The quantitative estimate of drug-likeness (QED) is 0.219. The van der Waals surface area contributed by atoms with Crippen LogP contribution in [0.5, 0.6) is 0 Å². The average molecular weight is 520 g/mol. The van der Waals surface area contributed by atoms with Crippen LogP contribution >= 0.6 is 0 Å². The highest BCUT2D eigenvalue weighted by molar-refractivity contribution is 6.31. The Bertz CT molecular complexity index is 2340. The van der Waals surface area contributed by atoms with Crippen LogP contribution in [0.4, 0.5) is 0 Å². The predicted octanol–water partition coefficient (Wildman–Crippen LogP) is 11.0. The highest BCUT2D eigenvalue weighted by atomic mass is 14.9. The van der Waals surface area contributed by atoms with Gasteiger partial charge in [0.2, 0.25) is 0 Å². The van der Waals surface area contributed by atoms with E-state index < -0.39 is 0 Å². The standard InChI is InChI=1S/C40H25N/c1-3-11-26(12-4-1)30-21-31(27-13-5-2-6-14-27)23-32(22-30)28-19-20-38-36(24-28)39-33-16-8-7-15-29(33)25-35-34-17-9-10-18-37(34)41(38)40(35)39/h1-25H. The Morgan fingerprint density at radius 2 is 0.878 bits per heavy atom. The average Bonchev–Trinajstić information content (AvgIpc) is 3.56. The van der Waals surface area contributed by atoms with Crippen LogP contribution in [0.3, 0.4) is 0 Å². The highest BCUT2D eigenvalue weighted by Gasteiger charge is 2.20. The summed E-state index contributed by atoms with van der Waals surface area (Å²) in [4.78, 5) is 0. The van der Waals surface area contributed by atoms with Crippen LogP contribution in [0.1, 0.15) is 0 Å². The molecular weight excluding hydrogens is 494 g/mol. The van der Waals surface area contributed by atoms with E-state index in [4.69, 9.17) is 0 Å². The van der Waals surface area contributed by atoms with Crippen molar-refractivity contribution >= 4 is 48.9 Å². The van der Waals surface area contributed by atoms with E-state index in [0.29, 0.717) is 0 Å². The van der Waals surface area contributed by atoms with Crippen LogP contribution < -0.4 is 0 Å². The number of hydrogen-bond acceptors (Lipinski definition) is 0. The lowest BCUT2D eigenvalue weighted by atomic mass is 9.92. The number of fused-ring (bicyclic) bond motifs is 8. The summed E-state index contributed by atoms with van der Waals surface area (Å²) in [5, 5.41) is 7.87. The number of aromatic nitrogens is 1. The van der Waals surface area contributed by atoms with Crippen molar-refractivity contribution in [2.45, 2.75) is 0 Å². The van der Waals surface area contributed by atoms with Crippen molar-refractivity contribution in [3.8, 4) is 33.4 Å². The van der Waals surface area contributed by atoms with Crippen LogP contribution in [0.15, 0.2) is 152 Å². The molecule has 0 amide bonds. The lowest BCUT2D eigenvalue weighted by molar-refractivity contribution is 1.37. The van der Waals surface area contributed by atoms with Gasteiger partial charge >= 0.3 is 0 Å². The van der Waals surface area contributed by atoms with Crippen molar-refractivity contribution in [1.82, 2.24) is 4.40 Å². The molecule has 0 aliphatic rings. The fourth-order valence-corrected chi connectivity index (χ4v) is 6.81. The third-order valence-corrected chi connectivity index (χ3v) is 8.67. The van der Waals surface area contributed by atoms with E-state index in [1.54, 1.807) is 0 Å². The highest BCUT2D eigenvalue weighted by Crippen LogP contribution is 2.44. The molecule has 0 saturated heterocycles. The van der Waals surface area contributed by atoms with Gasteiger partial charge in [-0.05, 0) is 86.6 Å². The molecule has 0 radical (unpaired) electrons. The minimum Gasteiger partial charge on any atom is -0.308 e. The summed E-state index contributed by atoms with van der Waals surface area (Å²) in [5.74, 6) is 0. The van der Waals surface area contributed by atoms with E-state index in [0.717, 1.165) is 0 Å². The maximum Gasteiger partial charge on any atom is 0.0626 e. The third kappa shape index (κ3) is 3.30. The van der Waals surface area contributed by atoms with Gasteiger partial charge in [-0.2, -0.15) is 0 Å². The number of hydrogen-bond donors (Lipinski definition) is 0. The molecule has 2 heterocycles.